The molecule has 1 heterocycles. The van der Waals surface area contributed by atoms with Crippen molar-refractivity contribution in [3.05, 3.63) is 124 Å². The van der Waals surface area contributed by atoms with Crippen LogP contribution in [0.15, 0.2) is 112 Å². The number of anilines is 1. The molecule has 0 bridgehead atoms. The fourth-order valence-electron chi connectivity index (χ4n) is 4.54. The van der Waals surface area contributed by atoms with Gasteiger partial charge in [-0.05, 0) is 53.6 Å². The number of para-hydroxylation sites is 2. The van der Waals surface area contributed by atoms with Gasteiger partial charge < -0.3 is 15.0 Å². The standard InChI is InChI=1S/C31H27BrClN3O5S/c32-24-14-16-25(17-15-24)42(39,40)35(19-23-10-4-5-11-26(23)33)21-30(37)36-20-29(41-28-13-7-6-12-27(28)36)31(38)34-18-22-8-2-1-3-9-22/h1-17,29H,18-21H2,(H,34,38). The van der Waals surface area contributed by atoms with Crippen molar-refractivity contribution in [3.8, 4) is 5.75 Å². The molecule has 1 N–H and O–H groups in total. The molecule has 5 rings (SSSR count). The second kappa shape index (κ2) is 13.1. The number of hydrogen-bond donors (Lipinski definition) is 1. The first-order valence-electron chi connectivity index (χ1n) is 13.1. The van der Waals surface area contributed by atoms with Gasteiger partial charge in [-0.25, -0.2) is 8.42 Å². The lowest BCUT2D eigenvalue weighted by atomic mass is 10.1. The lowest BCUT2D eigenvalue weighted by Crippen LogP contribution is -2.52. The summed E-state index contributed by atoms with van der Waals surface area (Å²) in [5, 5.41) is 3.24. The fourth-order valence-corrected chi connectivity index (χ4v) is 6.37. The van der Waals surface area contributed by atoms with Gasteiger partial charge in [0.25, 0.3) is 5.91 Å². The number of benzene rings is 4. The summed E-state index contributed by atoms with van der Waals surface area (Å²) in [7, 11) is -4.12. The second-order valence-corrected chi connectivity index (χ2v) is 12.9. The van der Waals surface area contributed by atoms with Crippen LogP contribution < -0.4 is 15.0 Å². The molecule has 42 heavy (non-hydrogen) atoms. The van der Waals surface area contributed by atoms with E-state index >= 15 is 0 Å². The minimum absolute atomic E-state index is 0.0334. The molecule has 4 aromatic carbocycles. The van der Waals surface area contributed by atoms with Crippen LogP contribution in [-0.2, 0) is 32.7 Å². The molecule has 0 aromatic heterocycles. The van der Waals surface area contributed by atoms with E-state index in [9.17, 15) is 18.0 Å². The summed E-state index contributed by atoms with van der Waals surface area (Å²) in [4.78, 5) is 28.5. The topological polar surface area (TPSA) is 96.0 Å². The number of ether oxygens (including phenoxy) is 1. The molecular weight excluding hydrogens is 642 g/mol. The molecule has 0 saturated carbocycles. The summed E-state index contributed by atoms with van der Waals surface area (Å²) >= 11 is 9.71. The third kappa shape index (κ3) is 6.84. The molecule has 2 amide bonds. The first-order chi connectivity index (χ1) is 20.2. The maximum Gasteiger partial charge on any atom is 0.263 e. The smallest absolute Gasteiger partial charge is 0.263 e. The molecule has 0 saturated heterocycles. The summed E-state index contributed by atoms with van der Waals surface area (Å²) < 4.78 is 35.4. The number of sulfonamides is 1. The number of rotatable bonds is 9. The summed E-state index contributed by atoms with van der Waals surface area (Å²) in [6.45, 7) is -0.409. The van der Waals surface area contributed by atoms with Gasteiger partial charge in [-0.3, -0.25) is 9.59 Å². The largest absolute Gasteiger partial charge is 0.477 e. The van der Waals surface area contributed by atoms with E-state index in [2.05, 4.69) is 21.2 Å². The number of hydrogen-bond acceptors (Lipinski definition) is 5. The van der Waals surface area contributed by atoms with Crippen LogP contribution in [0.25, 0.3) is 0 Å². The monoisotopic (exact) mass is 667 g/mol. The molecule has 0 fully saturated rings. The van der Waals surface area contributed by atoms with Crippen LogP contribution in [0.3, 0.4) is 0 Å². The van der Waals surface area contributed by atoms with Gasteiger partial charge in [-0.1, -0.05) is 88.2 Å². The van der Waals surface area contributed by atoms with Crippen LogP contribution in [0.1, 0.15) is 11.1 Å². The summed E-state index contributed by atoms with van der Waals surface area (Å²) in [6, 6.07) is 29.4. The molecule has 11 heteroatoms. The van der Waals surface area contributed by atoms with Crippen LogP contribution in [0, 0.1) is 0 Å². The highest BCUT2D eigenvalue weighted by Gasteiger charge is 2.36. The Kier molecular flexibility index (Phi) is 9.27. The summed E-state index contributed by atoms with van der Waals surface area (Å²) in [5.41, 5.74) is 1.92. The van der Waals surface area contributed by atoms with Crippen molar-refractivity contribution in [2.75, 3.05) is 18.0 Å². The van der Waals surface area contributed by atoms with Crippen LogP contribution in [-0.4, -0.2) is 43.7 Å². The molecule has 0 aliphatic carbocycles. The highest BCUT2D eigenvalue weighted by atomic mass is 79.9. The first-order valence-corrected chi connectivity index (χ1v) is 15.7. The van der Waals surface area contributed by atoms with Crippen molar-refractivity contribution in [3.63, 3.8) is 0 Å². The predicted octanol–water partition coefficient (Wildman–Crippen LogP) is 5.40. The Hall–Kier alpha value is -3.70. The van der Waals surface area contributed by atoms with E-state index in [-0.39, 0.29) is 23.9 Å². The highest BCUT2D eigenvalue weighted by Crippen LogP contribution is 2.34. The minimum Gasteiger partial charge on any atom is -0.477 e. The lowest BCUT2D eigenvalue weighted by molar-refractivity contribution is -0.128. The normalized spacial score (nSPS) is 14.6. The van der Waals surface area contributed by atoms with E-state index in [1.807, 2.05) is 30.3 Å². The summed E-state index contributed by atoms with van der Waals surface area (Å²) in [6.07, 6.45) is -0.993. The van der Waals surface area contributed by atoms with E-state index in [0.717, 1.165) is 14.3 Å². The van der Waals surface area contributed by atoms with Crippen molar-refractivity contribution < 1.29 is 22.7 Å². The number of halogens is 2. The van der Waals surface area contributed by atoms with Crippen molar-refractivity contribution in [2.24, 2.45) is 0 Å². The third-order valence-corrected chi connectivity index (χ3v) is 9.45. The number of fused-ring (bicyclic) bond motifs is 1. The van der Waals surface area contributed by atoms with Crippen molar-refractivity contribution in [1.29, 1.82) is 0 Å². The number of nitrogens with one attached hydrogen (secondary N) is 1. The number of amides is 2. The van der Waals surface area contributed by atoms with Crippen LogP contribution >= 0.6 is 27.5 Å². The van der Waals surface area contributed by atoms with Gasteiger partial charge in [-0.2, -0.15) is 4.31 Å². The third-order valence-electron chi connectivity index (χ3n) is 6.74. The zero-order chi connectivity index (χ0) is 29.7. The SMILES string of the molecule is O=C(NCc1ccccc1)C1CN(C(=O)CN(Cc2ccccc2Cl)S(=O)(=O)c2ccc(Br)cc2)c2ccccc2O1. The second-order valence-electron chi connectivity index (χ2n) is 9.60. The Bertz CT molecular complexity index is 1690. The van der Waals surface area contributed by atoms with Gasteiger partial charge in [0.15, 0.2) is 6.10 Å². The molecule has 1 unspecified atom stereocenters. The van der Waals surface area contributed by atoms with Gasteiger partial charge in [0.2, 0.25) is 15.9 Å². The highest BCUT2D eigenvalue weighted by molar-refractivity contribution is 9.10. The van der Waals surface area contributed by atoms with E-state index < -0.39 is 28.6 Å². The Labute approximate surface area is 258 Å². The van der Waals surface area contributed by atoms with E-state index in [1.165, 1.54) is 17.0 Å². The van der Waals surface area contributed by atoms with Crippen molar-refractivity contribution in [2.45, 2.75) is 24.1 Å². The zero-order valence-electron chi connectivity index (χ0n) is 22.3. The van der Waals surface area contributed by atoms with E-state index in [0.29, 0.717) is 28.6 Å². The molecular formula is C31H27BrClN3O5S. The molecule has 4 aromatic rings. The minimum atomic E-state index is -4.12. The zero-order valence-corrected chi connectivity index (χ0v) is 25.5. The molecule has 216 valence electrons. The van der Waals surface area contributed by atoms with Crippen LogP contribution in [0.5, 0.6) is 5.75 Å². The van der Waals surface area contributed by atoms with Gasteiger partial charge in [0.1, 0.15) is 5.75 Å². The van der Waals surface area contributed by atoms with Gasteiger partial charge in [-0.15, -0.1) is 0 Å². The molecule has 1 aliphatic rings. The Morgan fingerprint density at radius 3 is 2.33 bits per heavy atom. The van der Waals surface area contributed by atoms with Crippen molar-refractivity contribution >= 4 is 55.1 Å². The molecule has 0 spiro atoms. The van der Waals surface area contributed by atoms with E-state index in [4.69, 9.17) is 16.3 Å². The Morgan fingerprint density at radius 1 is 0.929 bits per heavy atom. The first kappa shape index (κ1) is 29.8. The van der Waals surface area contributed by atoms with Crippen molar-refractivity contribution in [1.82, 2.24) is 9.62 Å². The molecule has 1 aliphatic heterocycles. The maximum atomic E-state index is 13.9. The predicted molar refractivity (Wildman–Crippen MR) is 165 cm³/mol. The number of nitrogens with zero attached hydrogens (tertiary/aromatic N) is 2. The maximum absolute atomic E-state index is 13.9. The average Bonchev–Trinajstić information content (AvgIpc) is 3.00. The number of carbonyl (C=O) groups excluding carboxylic acids is 2. The lowest BCUT2D eigenvalue weighted by Gasteiger charge is -2.35. The molecule has 1 atom stereocenters. The van der Waals surface area contributed by atoms with Crippen LogP contribution in [0.4, 0.5) is 5.69 Å². The quantitative estimate of drug-likeness (QED) is 0.258. The van der Waals surface area contributed by atoms with Gasteiger partial charge in [0.05, 0.1) is 23.7 Å². The molecule has 8 nitrogen and oxygen atoms in total. The number of carbonyl (C=O) groups is 2. The van der Waals surface area contributed by atoms with E-state index in [1.54, 1.807) is 60.7 Å². The average molecular weight is 669 g/mol. The van der Waals surface area contributed by atoms with Gasteiger partial charge in [0, 0.05) is 22.6 Å². The fraction of sp³-hybridized carbons (Fsp3) is 0.161. The summed E-state index contributed by atoms with van der Waals surface area (Å²) in [5.74, 6) is -0.550. The Morgan fingerprint density at radius 2 is 1.60 bits per heavy atom. The molecule has 0 radical (unpaired) electrons. The van der Waals surface area contributed by atoms with Crippen LogP contribution in [0.2, 0.25) is 5.02 Å². The Balaban J connectivity index is 1.41. The van der Waals surface area contributed by atoms with Gasteiger partial charge >= 0.3 is 0 Å².